The Bertz CT molecular complexity index is 1500. The van der Waals surface area contributed by atoms with Crippen LogP contribution in [0.25, 0.3) is 0 Å². The van der Waals surface area contributed by atoms with Crippen molar-refractivity contribution < 1.29 is 27.6 Å². The molecule has 0 spiro atoms. The second-order valence-electron chi connectivity index (χ2n) is 13.2. The Kier molecular flexibility index (Phi) is 10.3. The predicted molar refractivity (Wildman–Crippen MR) is 179 cm³/mol. The van der Waals surface area contributed by atoms with E-state index in [1.54, 1.807) is 14.7 Å². The van der Waals surface area contributed by atoms with Crippen LogP contribution < -0.4 is 16.4 Å². The maximum atomic E-state index is 14.0. The summed E-state index contributed by atoms with van der Waals surface area (Å²) >= 11 is 7.65. The summed E-state index contributed by atoms with van der Waals surface area (Å²) in [6.07, 6.45) is -2.24. The molecule has 1 aromatic carbocycles. The molecule has 3 fully saturated rings. The van der Waals surface area contributed by atoms with Crippen molar-refractivity contribution in [1.29, 1.82) is 0 Å². The molecule has 16 heteroatoms. The quantitative estimate of drug-likeness (QED) is 0.384. The summed E-state index contributed by atoms with van der Waals surface area (Å²) in [5.74, 6) is -0.340. The number of benzene rings is 1. The number of carbonyl (C=O) groups excluding carboxylic acids is 3. The number of piperidine rings is 2. The number of amides is 5. The van der Waals surface area contributed by atoms with Crippen molar-refractivity contribution >= 4 is 52.3 Å². The van der Waals surface area contributed by atoms with Crippen LogP contribution >= 0.6 is 22.9 Å². The van der Waals surface area contributed by atoms with Crippen molar-refractivity contribution in [3.8, 4) is 0 Å². The molecule has 4 aliphatic rings. The molecule has 0 aliphatic carbocycles. The Balaban J connectivity index is 1.13. The Hall–Kier alpha value is -3.27. The van der Waals surface area contributed by atoms with E-state index in [0.29, 0.717) is 51.6 Å². The minimum absolute atomic E-state index is 0.0566. The number of likely N-dealkylation sites (N-methyl/N-ethyl adjacent to an activating group) is 1. The van der Waals surface area contributed by atoms with E-state index < -0.39 is 29.5 Å². The lowest BCUT2D eigenvalue weighted by molar-refractivity contribution is -0.137. The number of rotatable bonds is 6. The molecule has 1 aromatic heterocycles. The van der Waals surface area contributed by atoms with Crippen LogP contribution in [-0.2, 0) is 23.9 Å². The molecule has 1 atom stereocenters. The van der Waals surface area contributed by atoms with Crippen LogP contribution in [0.4, 0.5) is 34.1 Å². The number of carbonyl (C=O) groups is 3. The van der Waals surface area contributed by atoms with E-state index in [1.165, 1.54) is 17.4 Å². The smallest absolute Gasteiger partial charge is 0.397 e. The molecule has 48 heavy (non-hydrogen) atoms. The highest BCUT2D eigenvalue weighted by Crippen LogP contribution is 2.38. The number of halogens is 4. The maximum Gasteiger partial charge on any atom is 0.418 e. The second-order valence-corrected chi connectivity index (χ2v) is 14.4. The van der Waals surface area contributed by atoms with Crippen LogP contribution in [0.2, 0.25) is 5.02 Å². The zero-order valence-corrected chi connectivity index (χ0v) is 28.5. The number of anilines is 2. The number of alkyl halides is 3. The normalized spacial score (nSPS) is 21.2. The molecular formula is C32H42ClF3N8O3S. The highest BCUT2D eigenvalue weighted by atomic mass is 35.5. The molecule has 5 amide bonds. The molecule has 262 valence electrons. The van der Waals surface area contributed by atoms with Gasteiger partial charge in [-0.25, -0.2) is 9.59 Å². The summed E-state index contributed by atoms with van der Waals surface area (Å²) in [4.78, 5) is 50.2. The van der Waals surface area contributed by atoms with E-state index in [-0.39, 0.29) is 35.0 Å². The molecule has 3 saturated heterocycles. The van der Waals surface area contributed by atoms with E-state index in [4.69, 9.17) is 17.3 Å². The first kappa shape index (κ1) is 34.6. The van der Waals surface area contributed by atoms with E-state index in [1.807, 2.05) is 10.8 Å². The standard InChI is InChI=1S/C32H42ClF3N8O3S/c1-40-10-12-41(13-11-40)22-2-6-42(7-3-22)29(45)26(16-20-14-24(32(34,35)36)28(37)25(33)15-20)38-30(46)43-8-4-23(5-9-43)44-17-21-18-48-19-27(21)39-31(44)47/h14-15,18-19,22-23,26H,2-13,16-17,37H2,1H3,(H,38,46)(H,39,47)/t26-/m1/s1. The number of hydrogen-bond acceptors (Lipinski definition) is 7. The largest absolute Gasteiger partial charge is 0.418 e. The highest BCUT2D eigenvalue weighted by molar-refractivity contribution is 7.08. The number of thiophene rings is 1. The molecule has 0 radical (unpaired) electrons. The average Bonchev–Trinajstić information content (AvgIpc) is 3.52. The van der Waals surface area contributed by atoms with Gasteiger partial charge in [-0.3, -0.25) is 9.69 Å². The van der Waals surface area contributed by atoms with Gasteiger partial charge in [0.25, 0.3) is 0 Å². The minimum atomic E-state index is -4.74. The first-order valence-electron chi connectivity index (χ1n) is 16.4. The Morgan fingerprint density at radius 2 is 1.65 bits per heavy atom. The summed E-state index contributed by atoms with van der Waals surface area (Å²) in [6, 6.07) is 0.787. The number of piperazine rings is 1. The fraction of sp³-hybridized carbons (Fsp3) is 0.594. The molecule has 6 rings (SSSR count). The van der Waals surface area contributed by atoms with Gasteiger partial charge < -0.3 is 36.0 Å². The van der Waals surface area contributed by atoms with Gasteiger partial charge in [-0.2, -0.15) is 13.2 Å². The van der Waals surface area contributed by atoms with Crippen molar-refractivity contribution in [2.45, 2.75) is 63.0 Å². The van der Waals surface area contributed by atoms with E-state index in [2.05, 4.69) is 27.5 Å². The topological polar surface area (TPSA) is 117 Å². The number of fused-ring (bicyclic) bond motifs is 1. The van der Waals surface area contributed by atoms with E-state index in [0.717, 1.165) is 56.3 Å². The summed E-state index contributed by atoms with van der Waals surface area (Å²) in [5.41, 5.74) is 6.05. The minimum Gasteiger partial charge on any atom is -0.397 e. The van der Waals surface area contributed by atoms with Crippen LogP contribution in [0.1, 0.15) is 42.4 Å². The maximum absolute atomic E-state index is 14.0. The van der Waals surface area contributed by atoms with Gasteiger partial charge in [-0.1, -0.05) is 11.6 Å². The predicted octanol–water partition coefficient (Wildman–Crippen LogP) is 4.37. The van der Waals surface area contributed by atoms with Crippen LogP contribution in [0, 0.1) is 0 Å². The third kappa shape index (κ3) is 7.63. The molecule has 2 aromatic rings. The monoisotopic (exact) mass is 710 g/mol. The number of nitrogen functional groups attached to an aromatic ring is 1. The van der Waals surface area contributed by atoms with Gasteiger partial charge in [-0.15, -0.1) is 11.3 Å². The molecule has 0 bridgehead atoms. The van der Waals surface area contributed by atoms with Gasteiger partial charge in [0.15, 0.2) is 0 Å². The lowest BCUT2D eigenvalue weighted by atomic mass is 9.98. The second kappa shape index (κ2) is 14.3. The zero-order chi connectivity index (χ0) is 34.2. The molecule has 0 unspecified atom stereocenters. The highest BCUT2D eigenvalue weighted by Gasteiger charge is 2.38. The molecule has 11 nitrogen and oxygen atoms in total. The number of urea groups is 2. The fourth-order valence-electron chi connectivity index (χ4n) is 7.23. The molecule has 5 heterocycles. The van der Waals surface area contributed by atoms with Gasteiger partial charge in [0.1, 0.15) is 6.04 Å². The Morgan fingerprint density at radius 1 is 1.00 bits per heavy atom. The lowest BCUT2D eigenvalue weighted by Crippen LogP contribution is -2.58. The first-order chi connectivity index (χ1) is 22.9. The van der Waals surface area contributed by atoms with Gasteiger partial charge in [0, 0.05) is 81.8 Å². The van der Waals surface area contributed by atoms with Gasteiger partial charge in [0.05, 0.1) is 28.5 Å². The number of likely N-dealkylation sites (tertiary alicyclic amines) is 2. The third-order valence-corrected chi connectivity index (χ3v) is 11.2. The van der Waals surface area contributed by atoms with E-state index in [9.17, 15) is 27.6 Å². The van der Waals surface area contributed by atoms with Crippen molar-refractivity contribution in [3.63, 3.8) is 0 Å². The fourth-order valence-corrected chi connectivity index (χ4v) is 8.26. The zero-order valence-electron chi connectivity index (χ0n) is 26.9. The van der Waals surface area contributed by atoms with Crippen LogP contribution in [0.15, 0.2) is 22.9 Å². The summed E-state index contributed by atoms with van der Waals surface area (Å²) in [5, 5.41) is 9.44. The Labute approximate surface area is 287 Å². The first-order valence-corrected chi connectivity index (χ1v) is 17.7. The average molecular weight is 711 g/mol. The summed E-state index contributed by atoms with van der Waals surface area (Å²) in [6.45, 7) is 6.16. The van der Waals surface area contributed by atoms with Crippen LogP contribution in [-0.4, -0.2) is 120 Å². The van der Waals surface area contributed by atoms with Gasteiger partial charge >= 0.3 is 18.2 Å². The van der Waals surface area contributed by atoms with Crippen molar-refractivity contribution in [1.82, 2.24) is 29.8 Å². The molecule has 0 saturated carbocycles. The number of nitrogens with two attached hydrogens (primary N) is 1. The summed E-state index contributed by atoms with van der Waals surface area (Å²) in [7, 11) is 2.11. The SMILES string of the molecule is CN1CCN(C2CCN(C(=O)[C@@H](Cc3cc(Cl)c(N)c(C(F)(F)F)c3)NC(=O)N3CCC(N4Cc5cscc5NC4=O)CC3)CC2)CC1. The van der Waals surface area contributed by atoms with Gasteiger partial charge in [-0.05, 0) is 55.8 Å². The van der Waals surface area contributed by atoms with Crippen LogP contribution in [0.5, 0.6) is 0 Å². The molecule has 4 N–H and O–H groups in total. The van der Waals surface area contributed by atoms with Gasteiger partial charge in [0.2, 0.25) is 5.91 Å². The van der Waals surface area contributed by atoms with Crippen LogP contribution in [0.3, 0.4) is 0 Å². The summed E-state index contributed by atoms with van der Waals surface area (Å²) < 4.78 is 41.3. The van der Waals surface area contributed by atoms with Crippen molar-refractivity contribution in [3.05, 3.63) is 44.6 Å². The molecule has 4 aliphatic heterocycles. The van der Waals surface area contributed by atoms with Crippen molar-refractivity contribution in [2.24, 2.45) is 0 Å². The number of nitrogens with one attached hydrogen (secondary N) is 2. The number of nitrogens with zero attached hydrogens (tertiary/aromatic N) is 5. The third-order valence-electron chi connectivity index (χ3n) is 10.1. The van der Waals surface area contributed by atoms with E-state index >= 15 is 0 Å². The Morgan fingerprint density at radius 3 is 2.31 bits per heavy atom. The molecular weight excluding hydrogens is 669 g/mol. The number of hydrogen-bond donors (Lipinski definition) is 3. The lowest BCUT2D eigenvalue weighted by Gasteiger charge is -2.43. The van der Waals surface area contributed by atoms with Crippen molar-refractivity contribution in [2.75, 3.05) is 70.5 Å².